The van der Waals surface area contributed by atoms with Crippen LogP contribution in [0.4, 0.5) is 0 Å². The lowest BCUT2D eigenvalue weighted by Crippen LogP contribution is -2.93. The Morgan fingerprint density at radius 3 is 2.74 bits per heavy atom. The predicted octanol–water partition coefficient (Wildman–Crippen LogP) is -0.300. The Bertz CT molecular complexity index is 682. The van der Waals surface area contributed by atoms with Gasteiger partial charge in [0, 0.05) is 12.0 Å². The Labute approximate surface area is 134 Å². The zero-order valence-corrected chi connectivity index (χ0v) is 12.7. The van der Waals surface area contributed by atoms with Crippen LogP contribution in [0.15, 0.2) is 47.1 Å². The average molecular weight is 314 g/mol. The predicted molar refractivity (Wildman–Crippen MR) is 83.1 cm³/mol. The molecule has 2 aromatic rings. The molecular formula is C17H20N3O3+. The van der Waals surface area contributed by atoms with Crippen LogP contribution in [0.2, 0.25) is 0 Å². The summed E-state index contributed by atoms with van der Waals surface area (Å²) in [6, 6.07) is 11.5. The van der Waals surface area contributed by atoms with Gasteiger partial charge in [0.05, 0.1) is 19.4 Å². The molecular weight excluding hydrogens is 294 g/mol. The number of hydrogen-bond donors (Lipinski definition) is 3. The Kier molecular flexibility index (Phi) is 4.73. The molecule has 1 aliphatic heterocycles. The highest BCUT2D eigenvalue weighted by molar-refractivity contribution is 5.86. The van der Waals surface area contributed by atoms with Gasteiger partial charge in [-0.15, -0.1) is 0 Å². The van der Waals surface area contributed by atoms with Gasteiger partial charge in [-0.2, -0.15) is 0 Å². The first kappa shape index (κ1) is 15.3. The smallest absolute Gasteiger partial charge is 0.279 e. The van der Waals surface area contributed by atoms with Crippen molar-refractivity contribution >= 4 is 11.8 Å². The number of benzene rings is 1. The molecule has 1 aliphatic rings. The second-order valence-corrected chi connectivity index (χ2v) is 5.59. The van der Waals surface area contributed by atoms with E-state index in [4.69, 9.17) is 4.42 Å². The van der Waals surface area contributed by atoms with Gasteiger partial charge in [-0.3, -0.25) is 9.59 Å². The van der Waals surface area contributed by atoms with Gasteiger partial charge in [0.1, 0.15) is 12.3 Å². The maximum Gasteiger partial charge on any atom is 0.279 e. The van der Waals surface area contributed by atoms with Crippen molar-refractivity contribution in [1.82, 2.24) is 10.6 Å². The number of nitrogens with one attached hydrogen (secondary N) is 2. The first-order chi connectivity index (χ1) is 11.2. The molecule has 1 aromatic carbocycles. The molecule has 0 unspecified atom stereocenters. The van der Waals surface area contributed by atoms with Gasteiger partial charge >= 0.3 is 0 Å². The number of hydrogen-bond acceptors (Lipinski definition) is 3. The summed E-state index contributed by atoms with van der Waals surface area (Å²) >= 11 is 0. The number of carbonyl (C=O) groups is 2. The van der Waals surface area contributed by atoms with Gasteiger partial charge in [0.2, 0.25) is 5.91 Å². The second-order valence-electron chi connectivity index (χ2n) is 5.59. The van der Waals surface area contributed by atoms with Crippen LogP contribution in [0.3, 0.4) is 0 Å². The molecule has 0 spiro atoms. The van der Waals surface area contributed by atoms with Crippen LogP contribution in [-0.4, -0.2) is 24.4 Å². The SMILES string of the molecule is O=C(CNC(=O)[C@@H]1Cc2ccccc2C[NH2+]1)NCc1ccco1. The van der Waals surface area contributed by atoms with Crippen molar-refractivity contribution in [2.75, 3.05) is 6.54 Å². The normalized spacial score (nSPS) is 16.4. The van der Waals surface area contributed by atoms with Crippen LogP contribution >= 0.6 is 0 Å². The van der Waals surface area contributed by atoms with Crippen molar-refractivity contribution in [3.8, 4) is 0 Å². The molecule has 1 atom stereocenters. The fraction of sp³-hybridized carbons (Fsp3) is 0.294. The van der Waals surface area contributed by atoms with Crippen LogP contribution in [0.1, 0.15) is 16.9 Å². The van der Waals surface area contributed by atoms with E-state index in [0.717, 1.165) is 6.54 Å². The minimum absolute atomic E-state index is 0.0223. The van der Waals surface area contributed by atoms with Crippen molar-refractivity contribution in [2.45, 2.75) is 25.6 Å². The highest BCUT2D eigenvalue weighted by Crippen LogP contribution is 2.12. The second kappa shape index (κ2) is 7.11. The third kappa shape index (κ3) is 3.98. The first-order valence-corrected chi connectivity index (χ1v) is 7.69. The van der Waals surface area contributed by atoms with E-state index in [2.05, 4.69) is 22.8 Å². The molecule has 0 aliphatic carbocycles. The van der Waals surface area contributed by atoms with E-state index >= 15 is 0 Å². The minimum Gasteiger partial charge on any atom is -0.467 e. The summed E-state index contributed by atoms with van der Waals surface area (Å²) in [7, 11) is 0. The number of amides is 2. The lowest BCUT2D eigenvalue weighted by Gasteiger charge is -2.22. The summed E-state index contributed by atoms with van der Waals surface area (Å²) < 4.78 is 5.13. The summed E-state index contributed by atoms with van der Waals surface area (Å²) in [5.74, 6) is 0.348. The van der Waals surface area contributed by atoms with E-state index in [0.29, 0.717) is 18.7 Å². The van der Waals surface area contributed by atoms with Crippen LogP contribution in [0.5, 0.6) is 0 Å². The number of furan rings is 1. The number of fused-ring (bicyclic) bond motifs is 1. The summed E-state index contributed by atoms with van der Waals surface area (Å²) in [5.41, 5.74) is 2.48. The molecule has 2 heterocycles. The van der Waals surface area contributed by atoms with E-state index in [1.165, 1.54) is 11.1 Å². The zero-order chi connectivity index (χ0) is 16.1. The molecule has 120 valence electrons. The van der Waals surface area contributed by atoms with Crippen LogP contribution in [0.25, 0.3) is 0 Å². The Morgan fingerprint density at radius 1 is 1.13 bits per heavy atom. The van der Waals surface area contributed by atoms with Crippen molar-refractivity contribution in [2.24, 2.45) is 0 Å². The van der Waals surface area contributed by atoms with Gasteiger partial charge in [0.25, 0.3) is 5.91 Å². The fourth-order valence-electron chi connectivity index (χ4n) is 2.70. The molecule has 4 N–H and O–H groups in total. The van der Waals surface area contributed by atoms with Gasteiger partial charge in [-0.25, -0.2) is 0 Å². The highest BCUT2D eigenvalue weighted by atomic mass is 16.3. The first-order valence-electron chi connectivity index (χ1n) is 7.69. The van der Waals surface area contributed by atoms with Crippen molar-refractivity contribution in [1.29, 1.82) is 0 Å². The molecule has 1 aromatic heterocycles. The van der Waals surface area contributed by atoms with Gasteiger partial charge < -0.3 is 20.4 Å². The molecule has 0 fully saturated rings. The maximum absolute atomic E-state index is 12.2. The Balaban J connectivity index is 1.44. The molecule has 0 saturated heterocycles. The number of rotatable bonds is 5. The van der Waals surface area contributed by atoms with Crippen molar-refractivity contribution in [3.05, 3.63) is 59.5 Å². The van der Waals surface area contributed by atoms with Gasteiger partial charge in [-0.05, 0) is 17.7 Å². The molecule has 0 saturated carbocycles. The van der Waals surface area contributed by atoms with Crippen LogP contribution in [-0.2, 0) is 29.1 Å². The van der Waals surface area contributed by atoms with E-state index in [9.17, 15) is 9.59 Å². The van der Waals surface area contributed by atoms with E-state index in [-0.39, 0.29) is 24.4 Å². The third-order valence-corrected chi connectivity index (χ3v) is 3.98. The fourth-order valence-corrected chi connectivity index (χ4v) is 2.70. The number of carbonyl (C=O) groups excluding carboxylic acids is 2. The largest absolute Gasteiger partial charge is 0.467 e. The lowest BCUT2D eigenvalue weighted by atomic mass is 9.95. The van der Waals surface area contributed by atoms with E-state index < -0.39 is 0 Å². The summed E-state index contributed by atoms with van der Waals surface area (Å²) in [4.78, 5) is 24.0. The topological polar surface area (TPSA) is 88.0 Å². The average Bonchev–Trinajstić information content (AvgIpc) is 3.11. The zero-order valence-electron chi connectivity index (χ0n) is 12.7. The number of quaternary nitrogens is 1. The van der Waals surface area contributed by atoms with E-state index in [1.807, 2.05) is 17.4 Å². The molecule has 3 rings (SSSR count). The molecule has 2 amide bonds. The van der Waals surface area contributed by atoms with Gasteiger partial charge in [-0.1, -0.05) is 24.3 Å². The van der Waals surface area contributed by atoms with Crippen LogP contribution in [0, 0.1) is 0 Å². The standard InChI is InChI=1S/C17H19N3O3/c21-16(19-10-14-6-3-7-23-14)11-20-17(22)15-8-12-4-1-2-5-13(12)9-18-15/h1-7,15,18H,8-11H2,(H,19,21)(H,20,22)/p+1/t15-/m0/s1. The lowest BCUT2D eigenvalue weighted by molar-refractivity contribution is -0.695. The van der Waals surface area contributed by atoms with Crippen molar-refractivity contribution in [3.63, 3.8) is 0 Å². The third-order valence-electron chi connectivity index (χ3n) is 3.98. The van der Waals surface area contributed by atoms with Crippen molar-refractivity contribution < 1.29 is 19.3 Å². The molecule has 0 bridgehead atoms. The summed E-state index contributed by atoms with van der Waals surface area (Å²) in [6.07, 6.45) is 2.25. The Hall–Kier alpha value is -2.60. The monoisotopic (exact) mass is 314 g/mol. The molecule has 6 nitrogen and oxygen atoms in total. The highest BCUT2D eigenvalue weighted by Gasteiger charge is 2.27. The maximum atomic E-state index is 12.2. The molecule has 0 radical (unpaired) electrons. The minimum atomic E-state index is -0.231. The Morgan fingerprint density at radius 2 is 1.96 bits per heavy atom. The number of nitrogens with two attached hydrogens (primary N) is 1. The van der Waals surface area contributed by atoms with Crippen LogP contribution < -0.4 is 16.0 Å². The summed E-state index contributed by atoms with van der Waals surface area (Å²) in [5, 5.41) is 7.41. The molecule has 23 heavy (non-hydrogen) atoms. The summed E-state index contributed by atoms with van der Waals surface area (Å²) in [6.45, 7) is 1.09. The van der Waals surface area contributed by atoms with Gasteiger partial charge in [0.15, 0.2) is 6.04 Å². The van der Waals surface area contributed by atoms with E-state index in [1.54, 1.807) is 18.4 Å². The molecule has 6 heteroatoms. The quantitative estimate of drug-likeness (QED) is 0.708.